The van der Waals surface area contributed by atoms with E-state index in [0.29, 0.717) is 111 Å². The number of hydrogen-bond acceptors (Lipinski definition) is 12. The van der Waals surface area contributed by atoms with E-state index < -0.39 is 42.2 Å². The molecular weight excluding hydrogens is 1040 g/mol. The quantitative estimate of drug-likeness (QED) is 0.111. The van der Waals surface area contributed by atoms with E-state index in [1.165, 1.54) is 22.4 Å². The number of benzene rings is 2. The van der Waals surface area contributed by atoms with Crippen molar-refractivity contribution in [3.63, 3.8) is 0 Å². The molecule has 7 atom stereocenters. The van der Waals surface area contributed by atoms with Crippen molar-refractivity contribution >= 4 is 40.3 Å². The van der Waals surface area contributed by atoms with Crippen molar-refractivity contribution in [2.75, 3.05) is 83.6 Å². The Balaban J connectivity index is 0.892. The van der Waals surface area contributed by atoms with E-state index >= 15 is 18.0 Å². The summed E-state index contributed by atoms with van der Waals surface area (Å²) in [6, 6.07) is 13.5. The van der Waals surface area contributed by atoms with Gasteiger partial charge in [0.1, 0.15) is 24.7 Å². The summed E-state index contributed by atoms with van der Waals surface area (Å²) in [4.78, 5) is 71.8. The van der Waals surface area contributed by atoms with Crippen LogP contribution in [0, 0.1) is 22.7 Å². The zero-order chi connectivity index (χ0) is 56.7. The predicted octanol–water partition coefficient (Wildman–Crippen LogP) is 6.92. The van der Waals surface area contributed by atoms with Crippen LogP contribution < -0.4 is 21.0 Å². The summed E-state index contributed by atoms with van der Waals surface area (Å²) in [6.45, 7) is 18.3. The standard InChI is InChI=1S/C62H81F3N10O6/c1-37(2)51-46(28-43(30-66-51)71-22-21-70-23-24-80-32-44(70)31-71)55-47-29-60(5,6)36-81-59(79)48-11-8-18-75(69-48)57(77)49(26-39-9-7-10-41(25-39)42-14-15-50(45(47)27-42)74(55)35-62(63,64)65)67-56(76)54(38(3)4)72-19-16-61(33-72)17-20-73(34-61)58(78)53-52(68-53)40-12-13-40/h7,9-10,14-15,25,27-28,30,37-38,40,44,48-49,52-54,68-69H,8,11-13,16-24,26,29,31-36H2,1-6H3,(H,67,76)/t44-,48-,49-,52+,53+,54-,61-/m0/s1. The second-order valence-corrected chi connectivity index (χ2v) is 26.4. The number of piperazine rings is 1. The Morgan fingerprint density at radius 3 is 2.51 bits per heavy atom. The Kier molecular flexibility index (Phi) is 15.1. The minimum atomic E-state index is -4.58. The summed E-state index contributed by atoms with van der Waals surface area (Å²) in [5.41, 5.74) is 8.38. The number of halogens is 3. The van der Waals surface area contributed by atoms with E-state index in [-0.39, 0.29) is 66.5 Å². The van der Waals surface area contributed by atoms with Crippen LogP contribution in [0.4, 0.5) is 18.9 Å². The van der Waals surface area contributed by atoms with E-state index in [2.05, 4.69) is 30.8 Å². The van der Waals surface area contributed by atoms with Crippen LogP contribution in [0.2, 0.25) is 0 Å². The smallest absolute Gasteiger partial charge is 0.406 e. The normalized spacial score (nSPS) is 27.9. The van der Waals surface area contributed by atoms with Gasteiger partial charge in [0.25, 0.3) is 5.91 Å². The van der Waals surface area contributed by atoms with Gasteiger partial charge in [0.15, 0.2) is 0 Å². The number of cyclic esters (lactones) is 1. The molecule has 9 heterocycles. The number of pyridine rings is 1. The van der Waals surface area contributed by atoms with Gasteiger partial charge in [-0.25, -0.2) is 5.43 Å². The first-order valence-electron chi connectivity index (χ1n) is 29.9. The molecule has 1 saturated carbocycles. The highest BCUT2D eigenvalue weighted by atomic mass is 19.4. The number of likely N-dealkylation sites (tertiary alicyclic amines) is 2. The maximum Gasteiger partial charge on any atom is 0.406 e. The van der Waals surface area contributed by atoms with Crippen LogP contribution in [0.5, 0.6) is 0 Å². The van der Waals surface area contributed by atoms with Crippen molar-refractivity contribution in [3.05, 3.63) is 71.5 Å². The van der Waals surface area contributed by atoms with Gasteiger partial charge in [-0.2, -0.15) is 13.2 Å². The van der Waals surface area contributed by atoms with E-state index in [1.54, 1.807) is 6.07 Å². The SMILES string of the molecule is CC(C)c1ncc(N2CCN3CCOC[C@@H]3C2)cc1-c1c2c3cc(ccc3n1CC(F)(F)F)-c1cccc(c1)C[C@H](NC(=O)[C@H](C(C)C)N1CC[C@]3(CCN(C(=O)[C@@H]4N[C@@H]4C4CC4)C3)C1)C(=O)N1CCC[C@H](N1)C(=O)OCC(C)(C)C2. The number of alkyl halides is 3. The van der Waals surface area contributed by atoms with E-state index in [1.807, 2.05) is 95.1 Å². The lowest BCUT2D eigenvalue weighted by molar-refractivity contribution is -0.155. The molecule has 16 nitrogen and oxygen atoms in total. The summed E-state index contributed by atoms with van der Waals surface area (Å²) in [5.74, 6) is -0.561. The molecule has 3 amide bonds. The molecule has 6 bridgehead atoms. The van der Waals surface area contributed by atoms with Crippen molar-refractivity contribution < 1.29 is 41.8 Å². The molecule has 6 saturated heterocycles. The average Bonchev–Trinajstić information content (AvgIpc) is 4.55. The van der Waals surface area contributed by atoms with Crippen molar-refractivity contribution in [2.45, 2.75) is 148 Å². The lowest BCUT2D eigenvalue weighted by Crippen LogP contribution is -2.62. The van der Waals surface area contributed by atoms with Gasteiger partial charge in [-0.1, -0.05) is 71.9 Å². The molecule has 0 unspecified atom stereocenters. The maximum atomic E-state index is 15.2. The number of hydrogen-bond donors (Lipinski definition) is 3. The first-order chi connectivity index (χ1) is 38.7. The number of fused-ring (bicyclic) bond motifs is 7. The first kappa shape index (κ1) is 55.9. The molecule has 2 aromatic heterocycles. The van der Waals surface area contributed by atoms with Gasteiger partial charge in [-0.15, -0.1) is 0 Å². The molecule has 12 rings (SSSR count). The molecule has 0 radical (unpaired) electrons. The molecule has 3 N–H and O–H groups in total. The van der Waals surface area contributed by atoms with Gasteiger partial charge >= 0.3 is 12.1 Å². The fraction of sp³-hybridized carbons (Fsp3) is 0.629. The largest absolute Gasteiger partial charge is 0.464 e. The number of amides is 3. The van der Waals surface area contributed by atoms with Gasteiger partial charge in [0.05, 0.1) is 55.2 Å². The fourth-order valence-electron chi connectivity index (χ4n) is 14.5. The summed E-state index contributed by atoms with van der Waals surface area (Å²) >= 11 is 0. The first-order valence-corrected chi connectivity index (χ1v) is 29.9. The number of carbonyl (C=O) groups excluding carboxylic acids is 4. The minimum Gasteiger partial charge on any atom is -0.464 e. The van der Waals surface area contributed by atoms with E-state index in [4.69, 9.17) is 14.5 Å². The third kappa shape index (κ3) is 11.6. The lowest BCUT2D eigenvalue weighted by atomic mass is 9.83. The molecule has 2 aromatic carbocycles. The molecule has 436 valence electrons. The fourth-order valence-corrected chi connectivity index (χ4v) is 14.5. The summed E-state index contributed by atoms with van der Waals surface area (Å²) < 4.78 is 59.1. The Morgan fingerprint density at radius 2 is 1.73 bits per heavy atom. The third-order valence-electron chi connectivity index (χ3n) is 18.9. The van der Waals surface area contributed by atoms with Crippen molar-refractivity contribution in [1.82, 2.24) is 45.3 Å². The number of nitrogens with zero attached hydrogens (tertiary/aromatic N) is 7. The minimum absolute atomic E-state index is 0.0475. The summed E-state index contributed by atoms with van der Waals surface area (Å²) in [6.07, 6.45) is 2.74. The van der Waals surface area contributed by atoms with Crippen LogP contribution in [-0.2, 0) is 48.0 Å². The Morgan fingerprint density at radius 1 is 0.926 bits per heavy atom. The number of esters is 1. The zero-order valence-corrected chi connectivity index (χ0v) is 48.0. The number of carbonyl (C=O) groups is 4. The number of anilines is 1. The van der Waals surface area contributed by atoms with Crippen LogP contribution in [0.1, 0.15) is 103 Å². The van der Waals surface area contributed by atoms with Crippen molar-refractivity contribution in [3.8, 4) is 22.4 Å². The molecule has 7 aliphatic heterocycles. The predicted molar refractivity (Wildman–Crippen MR) is 303 cm³/mol. The van der Waals surface area contributed by atoms with Gasteiger partial charge in [-0.05, 0) is 110 Å². The molecular formula is C62H81F3N10O6. The number of ether oxygens (including phenoxy) is 2. The number of aromatic nitrogens is 2. The van der Waals surface area contributed by atoms with Crippen LogP contribution in [-0.4, -0.2) is 174 Å². The number of morpholine rings is 1. The second-order valence-electron chi connectivity index (χ2n) is 26.4. The van der Waals surface area contributed by atoms with Crippen molar-refractivity contribution in [1.29, 1.82) is 0 Å². The highest BCUT2D eigenvalue weighted by Gasteiger charge is 2.55. The summed E-state index contributed by atoms with van der Waals surface area (Å²) in [5, 5.41) is 8.78. The Hall–Kier alpha value is -5.60. The van der Waals surface area contributed by atoms with Crippen LogP contribution in [0.3, 0.4) is 0 Å². The molecule has 8 aliphatic rings. The van der Waals surface area contributed by atoms with Crippen molar-refractivity contribution in [2.24, 2.45) is 22.7 Å². The van der Waals surface area contributed by atoms with Crippen LogP contribution in [0.15, 0.2) is 54.7 Å². The average molecular weight is 1120 g/mol. The molecule has 19 heteroatoms. The Labute approximate surface area is 473 Å². The monoisotopic (exact) mass is 1120 g/mol. The van der Waals surface area contributed by atoms with Crippen LogP contribution in [0.25, 0.3) is 33.3 Å². The highest BCUT2D eigenvalue weighted by molar-refractivity contribution is 5.96. The van der Waals surface area contributed by atoms with Gasteiger partial charge in [0.2, 0.25) is 11.8 Å². The van der Waals surface area contributed by atoms with Gasteiger partial charge in [0, 0.05) is 92.1 Å². The molecule has 4 aromatic rings. The molecule has 7 fully saturated rings. The zero-order valence-electron chi connectivity index (χ0n) is 48.0. The number of hydrazine groups is 1. The maximum absolute atomic E-state index is 15.2. The lowest BCUT2D eigenvalue weighted by Gasteiger charge is -2.44. The van der Waals surface area contributed by atoms with Gasteiger partial charge < -0.3 is 29.2 Å². The number of nitrogens with one attached hydrogen (secondary N) is 3. The highest BCUT2D eigenvalue weighted by Crippen LogP contribution is 2.46. The van der Waals surface area contributed by atoms with E-state index in [9.17, 15) is 14.4 Å². The Bertz CT molecular complexity index is 3070. The topological polar surface area (TPSA) is 167 Å². The van der Waals surface area contributed by atoms with Gasteiger partial charge in [-0.3, -0.25) is 44.3 Å². The number of rotatable bonds is 10. The molecule has 81 heavy (non-hydrogen) atoms. The second kappa shape index (κ2) is 21.9. The molecule has 1 aliphatic carbocycles. The van der Waals surface area contributed by atoms with Crippen LogP contribution >= 0.6 is 0 Å². The summed E-state index contributed by atoms with van der Waals surface area (Å²) in [7, 11) is 0. The third-order valence-corrected chi connectivity index (χ3v) is 18.9. The van der Waals surface area contributed by atoms with E-state index in [0.717, 1.165) is 54.9 Å². The molecule has 1 spiro atoms.